The SMILES string of the molecule is Cc1ccc(-c2[c-]c(-c3[c-]c(-c4ccc(C)cn4)ccc3)ccc2)nc1.[Ir].c1ccc(-c2ccccn2)nc1. The molecular weight excluding hydrogens is 657 g/mol. The average Bonchev–Trinajstić information content (AvgIpc) is 2.99. The molecule has 0 aliphatic carbocycles. The van der Waals surface area contributed by atoms with Crippen LogP contribution >= 0.6 is 0 Å². The van der Waals surface area contributed by atoms with Gasteiger partial charge < -0.3 is 0 Å². The van der Waals surface area contributed by atoms with Gasteiger partial charge in [0.15, 0.2) is 0 Å². The molecule has 5 heteroatoms. The van der Waals surface area contributed by atoms with E-state index < -0.39 is 0 Å². The summed E-state index contributed by atoms with van der Waals surface area (Å²) in [6.07, 6.45) is 7.30. The molecule has 0 fully saturated rings. The number of hydrogen-bond donors (Lipinski definition) is 0. The van der Waals surface area contributed by atoms with Gasteiger partial charge in [-0.2, -0.15) is 35.4 Å². The maximum absolute atomic E-state index is 4.51. The predicted octanol–water partition coefficient (Wildman–Crippen LogP) is 7.84. The molecule has 0 atom stereocenters. The van der Waals surface area contributed by atoms with Crippen molar-refractivity contribution in [2.24, 2.45) is 0 Å². The van der Waals surface area contributed by atoms with Gasteiger partial charge >= 0.3 is 0 Å². The summed E-state index contributed by atoms with van der Waals surface area (Å²) in [5.74, 6) is 0. The van der Waals surface area contributed by atoms with Crippen molar-refractivity contribution >= 4 is 0 Å². The molecule has 0 spiro atoms. The number of rotatable bonds is 4. The molecule has 4 nitrogen and oxygen atoms in total. The van der Waals surface area contributed by atoms with Crippen LogP contribution in [0.1, 0.15) is 11.1 Å². The van der Waals surface area contributed by atoms with Crippen LogP contribution in [0.15, 0.2) is 122 Å². The first-order valence-corrected chi connectivity index (χ1v) is 12.4. The Hall–Kier alpha value is -4.31. The van der Waals surface area contributed by atoms with Crippen molar-refractivity contribution in [3.8, 4) is 45.0 Å². The van der Waals surface area contributed by atoms with E-state index in [-0.39, 0.29) is 20.1 Å². The van der Waals surface area contributed by atoms with Crippen molar-refractivity contribution in [3.05, 3.63) is 145 Å². The summed E-state index contributed by atoms with van der Waals surface area (Å²) < 4.78 is 0. The summed E-state index contributed by atoms with van der Waals surface area (Å²) >= 11 is 0. The van der Waals surface area contributed by atoms with Crippen molar-refractivity contribution in [1.29, 1.82) is 0 Å². The first-order valence-electron chi connectivity index (χ1n) is 12.4. The largest absolute Gasteiger partial charge is 0.295 e. The minimum atomic E-state index is 0. The molecule has 6 aromatic rings. The minimum absolute atomic E-state index is 0. The van der Waals surface area contributed by atoms with E-state index >= 15 is 0 Å². The molecule has 0 bridgehead atoms. The van der Waals surface area contributed by atoms with Crippen LogP contribution < -0.4 is 0 Å². The fraction of sp³-hybridized carbons (Fsp3) is 0.0588. The van der Waals surface area contributed by atoms with Crippen LogP contribution in [0.25, 0.3) is 45.0 Å². The fourth-order valence-electron chi connectivity index (χ4n) is 3.83. The van der Waals surface area contributed by atoms with Crippen molar-refractivity contribution in [3.63, 3.8) is 0 Å². The number of benzene rings is 2. The van der Waals surface area contributed by atoms with Crippen LogP contribution in [0.5, 0.6) is 0 Å². The maximum Gasteiger partial charge on any atom is 0.0886 e. The molecule has 4 heterocycles. The van der Waals surface area contributed by atoms with E-state index in [0.717, 1.165) is 56.2 Å². The van der Waals surface area contributed by atoms with Gasteiger partial charge in [0, 0.05) is 56.3 Å². The second-order valence-electron chi connectivity index (χ2n) is 8.83. The Morgan fingerprint density at radius 1 is 0.410 bits per heavy atom. The molecule has 0 saturated heterocycles. The Balaban J connectivity index is 0.000000228. The van der Waals surface area contributed by atoms with E-state index in [4.69, 9.17) is 0 Å². The van der Waals surface area contributed by atoms with Gasteiger partial charge in [0.25, 0.3) is 0 Å². The Morgan fingerprint density at radius 3 is 1.21 bits per heavy atom. The van der Waals surface area contributed by atoms with Crippen LogP contribution in [0.4, 0.5) is 0 Å². The molecular formula is C34H26IrN4-2. The molecule has 0 saturated carbocycles. The van der Waals surface area contributed by atoms with Gasteiger partial charge in [0.05, 0.1) is 11.4 Å². The van der Waals surface area contributed by atoms with Gasteiger partial charge in [-0.05, 0) is 49.2 Å². The van der Waals surface area contributed by atoms with Crippen molar-refractivity contribution in [2.75, 3.05) is 0 Å². The van der Waals surface area contributed by atoms with E-state index in [0.29, 0.717) is 0 Å². The second kappa shape index (κ2) is 13.5. The molecule has 0 amide bonds. The summed E-state index contributed by atoms with van der Waals surface area (Å²) in [5, 5.41) is 0. The van der Waals surface area contributed by atoms with Gasteiger partial charge in [-0.15, -0.1) is 35.4 Å². The van der Waals surface area contributed by atoms with E-state index in [2.05, 4.69) is 56.3 Å². The normalized spacial score (nSPS) is 10.1. The number of pyridine rings is 4. The topological polar surface area (TPSA) is 51.6 Å². The van der Waals surface area contributed by atoms with Crippen molar-refractivity contribution < 1.29 is 20.1 Å². The zero-order chi connectivity index (χ0) is 26.2. The van der Waals surface area contributed by atoms with Gasteiger partial charge in [-0.3, -0.25) is 19.9 Å². The molecule has 0 aliphatic rings. The van der Waals surface area contributed by atoms with Gasteiger partial charge in [0.1, 0.15) is 0 Å². The van der Waals surface area contributed by atoms with Crippen LogP contribution in [0, 0.1) is 26.0 Å². The number of aryl methyl sites for hydroxylation is 2. The predicted molar refractivity (Wildman–Crippen MR) is 153 cm³/mol. The molecule has 1 radical (unpaired) electrons. The Labute approximate surface area is 243 Å². The number of aromatic nitrogens is 4. The quantitative estimate of drug-likeness (QED) is 0.178. The third-order valence-corrected chi connectivity index (χ3v) is 5.85. The molecule has 0 unspecified atom stereocenters. The second-order valence-corrected chi connectivity index (χ2v) is 8.83. The summed E-state index contributed by atoms with van der Waals surface area (Å²) in [6.45, 7) is 4.08. The summed E-state index contributed by atoms with van der Waals surface area (Å²) in [6, 6.07) is 39.0. The Morgan fingerprint density at radius 2 is 0.846 bits per heavy atom. The molecule has 4 aromatic heterocycles. The fourth-order valence-corrected chi connectivity index (χ4v) is 3.83. The smallest absolute Gasteiger partial charge is 0.0886 e. The van der Waals surface area contributed by atoms with E-state index in [1.807, 2.05) is 99.0 Å². The number of hydrogen-bond acceptors (Lipinski definition) is 4. The van der Waals surface area contributed by atoms with E-state index in [1.54, 1.807) is 12.4 Å². The van der Waals surface area contributed by atoms with Crippen molar-refractivity contribution in [2.45, 2.75) is 13.8 Å². The zero-order valence-electron chi connectivity index (χ0n) is 21.7. The Kier molecular flexibility index (Phi) is 9.58. The van der Waals surface area contributed by atoms with Gasteiger partial charge in [0.2, 0.25) is 0 Å². The van der Waals surface area contributed by atoms with Crippen molar-refractivity contribution in [1.82, 2.24) is 19.9 Å². The summed E-state index contributed by atoms with van der Waals surface area (Å²) in [5.41, 5.74) is 9.94. The Bertz CT molecular complexity index is 1480. The molecule has 2 aromatic carbocycles. The molecule has 39 heavy (non-hydrogen) atoms. The third-order valence-electron chi connectivity index (χ3n) is 5.85. The maximum atomic E-state index is 4.51. The summed E-state index contributed by atoms with van der Waals surface area (Å²) in [4.78, 5) is 17.4. The van der Waals surface area contributed by atoms with Crippen LogP contribution in [-0.4, -0.2) is 19.9 Å². The summed E-state index contributed by atoms with van der Waals surface area (Å²) in [7, 11) is 0. The molecule has 6 rings (SSSR count). The van der Waals surface area contributed by atoms with Crippen LogP contribution in [-0.2, 0) is 20.1 Å². The first kappa shape index (κ1) is 27.7. The monoisotopic (exact) mass is 683 g/mol. The van der Waals surface area contributed by atoms with Crippen LogP contribution in [0.2, 0.25) is 0 Å². The zero-order valence-corrected chi connectivity index (χ0v) is 24.1. The van der Waals surface area contributed by atoms with E-state index in [1.165, 1.54) is 0 Å². The first-order chi connectivity index (χ1) is 18.7. The standard InChI is InChI=1S/C24H18N2.C10H8N2.Ir/c1-17-9-11-23(25-15-17)21-7-3-5-19(13-21)20-6-4-8-22(14-20)24-12-10-18(2)16-26-24;1-3-7-11-9(5-1)10-6-2-4-8-12-10;/h3-12,15-16H,1-2H3;1-8H;/q-2;;. The third kappa shape index (κ3) is 7.38. The minimum Gasteiger partial charge on any atom is -0.295 e. The molecule has 0 aliphatic heterocycles. The van der Waals surface area contributed by atoms with Gasteiger partial charge in [-0.1, -0.05) is 36.4 Å². The molecule has 0 N–H and O–H groups in total. The van der Waals surface area contributed by atoms with Gasteiger partial charge in [-0.25, -0.2) is 0 Å². The average molecular weight is 683 g/mol. The number of nitrogens with zero attached hydrogens (tertiary/aromatic N) is 4. The van der Waals surface area contributed by atoms with Crippen LogP contribution in [0.3, 0.4) is 0 Å². The van der Waals surface area contributed by atoms with E-state index in [9.17, 15) is 0 Å². The molecule has 193 valence electrons.